The van der Waals surface area contributed by atoms with Crippen LogP contribution in [0.3, 0.4) is 0 Å². The highest BCUT2D eigenvalue weighted by molar-refractivity contribution is 7.16. The molecule has 1 aliphatic rings. The van der Waals surface area contributed by atoms with Crippen LogP contribution in [0.5, 0.6) is 16.7 Å². The van der Waals surface area contributed by atoms with Gasteiger partial charge in [-0.1, -0.05) is 11.3 Å². The number of fused-ring (bicyclic) bond motifs is 3. The van der Waals surface area contributed by atoms with E-state index >= 15 is 0 Å². The summed E-state index contributed by atoms with van der Waals surface area (Å²) in [6.07, 6.45) is 5.04. The van der Waals surface area contributed by atoms with Crippen LogP contribution < -0.4 is 15.2 Å². The molecule has 0 saturated heterocycles. The van der Waals surface area contributed by atoms with Gasteiger partial charge in [-0.15, -0.1) is 0 Å². The smallest absolute Gasteiger partial charge is 0.259 e. The first kappa shape index (κ1) is 15.6. The number of methoxy groups -OCH3 is 1. The molecule has 0 radical (unpaired) electrons. The molecule has 25 heavy (non-hydrogen) atoms. The number of thiophene rings is 1. The zero-order chi connectivity index (χ0) is 17.6. The molecule has 4 rings (SSSR count). The maximum atomic E-state index is 11.9. The quantitative estimate of drug-likeness (QED) is 0.775. The number of nitrogens with two attached hydrogens (primary N) is 1. The summed E-state index contributed by atoms with van der Waals surface area (Å²) in [5.74, 6) is 0.422. The molecule has 2 N–H and O–H groups in total. The van der Waals surface area contributed by atoms with Crippen LogP contribution in [0.2, 0.25) is 0 Å². The minimum Gasteiger partial charge on any atom is -0.478 e. The Morgan fingerprint density at radius 3 is 3.00 bits per heavy atom. The largest absolute Gasteiger partial charge is 0.478 e. The van der Waals surface area contributed by atoms with Crippen LogP contribution in [0.1, 0.15) is 20.8 Å². The lowest BCUT2D eigenvalue weighted by Crippen LogP contribution is -2.13. The number of nitrogens with zero attached hydrogens (tertiary/aromatic N) is 3. The summed E-state index contributed by atoms with van der Waals surface area (Å²) in [4.78, 5) is 16.6. The van der Waals surface area contributed by atoms with E-state index < -0.39 is 5.91 Å². The first-order valence-electron chi connectivity index (χ1n) is 7.73. The predicted molar refractivity (Wildman–Crippen MR) is 93.3 cm³/mol. The Kier molecular flexibility index (Phi) is 3.69. The lowest BCUT2D eigenvalue weighted by molar-refractivity contribution is 0.100. The number of aryl methyl sites for hydroxylation is 2. The number of carbonyl (C=O) groups is 1. The van der Waals surface area contributed by atoms with Gasteiger partial charge in [-0.25, -0.2) is 4.98 Å². The van der Waals surface area contributed by atoms with Crippen LogP contribution in [-0.4, -0.2) is 27.8 Å². The summed E-state index contributed by atoms with van der Waals surface area (Å²) >= 11 is 1.25. The summed E-state index contributed by atoms with van der Waals surface area (Å²) < 4.78 is 13.2. The van der Waals surface area contributed by atoms with E-state index in [0.29, 0.717) is 21.6 Å². The summed E-state index contributed by atoms with van der Waals surface area (Å²) in [6, 6.07) is 3.54. The second-order valence-electron chi connectivity index (χ2n) is 5.69. The number of carbonyl (C=O) groups excluding carboxylic acids is 1. The van der Waals surface area contributed by atoms with Gasteiger partial charge in [-0.3, -0.25) is 9.48 Å². The molecule has 0 unspecified atom stereocenters. The molecule has 3 aromatic heterocycles. The van der Waals surface area contributed by atoms with E-state index in [-0.39, 0.29) is 0 Å². The van der Waals surface area contributed by atoms with Gasteiger partial charge < -0.3 is 15.2 Å². The number of primary amides is 1. The van der Waals surface area contributed by atoms with E-state index in [1.54, 1.807) is 23.0 Å². The molecule has 0 spiro atoms. The highest BCUT2D eigenvalue weighted by Gasteiger charge is 2.31. The number of rotatable bonds is 4. The third kappa shape index (κ3) is 2.45. The van der Waals surface area contributed by atoms with Crippen molar-refractivity contribution in [2.45, 2.75) is 12.8 Å². The molecule has 7 nitrogen and oxygen atoms in total. The fourth-order valence-electron chi connectivity index (χ4n) is 3.15. The molecule has 3 heterocycles. The lowest BCUT2D eigenvalue weighted by Gasteiger charge is -2.16. The Morgan fingerprint density at radius 1 is 1.40 bits per heavy atom. The average molecular weight is 356 g/mol. The summed E-state index contributed by atoms with van der Waals surface area (Å²) in [7, 11) is 3.41. The van der Waals surface area contributed by atoms with Crippen molar-refractivity contribution in [2.75, 3.05) is 7.11 Å². The Bertz CT molecular complexity index is 976. The minimum absolute atomic E-state index is 0.381. The van der Waals surface area contributed by atoms with Gasteiger partial charge in [-0.2, -0.15) is 5.10 Å². The fourth-order valence-corrected chi connectivity index (χ4v) is 4.21. The number of hydrogen-bond donors (Lipinski definition) is 1. The Labute approximate surface area is 148 Å². The molecule has 1 aliphatic carbocycles. The highest BCUT2D eigenvalue weighted by Crippen LogP contribution is 2.49. The number of pyridine rings is 1. The van der Waals surface area contributed by atoms with Crippen molar-refractivity contribution in [3.05, 3.63) is 40.5 Å². The number of amides is 1. The number of aromatic nitrogens is 3. The maximum absolute atomic E-state index is 11.9. The second-order valence-corrected chi connectivity index (χ2v) is 6.67. The third-order valence-electron chi connectivity index (χ3n) is 4.23. The lowest BCUT2D eigenvalue weighted by atomic mass is 9.91. The first-order chi connectivity index (χ1) is 12.1. The molecule has 0 saturated carbocycles. The molecule has 0 atom stereocenters. The van der Waals surface area contributed by atoms with Crippen molar-refractivity contribution in [3.8, 4) is 28.0 Å². The van der Waals surface area contributed by atoms with E-state index in [2.05, 4.69) is 10.1 Å². The van der Waals surface area contributed by atoms with E-state index in [1.165, 1.54) is 18.4 Å². The van der Waals surface area contributed by atoms with Crippen molar-refractivity contribution in [2.24, 2.45) is 12.8 Å². The molecule has 0 bridgehead atoms. The molecular formula is C17H16N4O3S. The molecule has 0 fully saturated rings. The first-order valence-corrected chi connectivity index (χ1v) is 8.55. The van der Waals surface area contributed by atoms with Crippen LogP contribution in [0, 0.1) is 0 Å². The topological polar surface area (TPSA) is 92.3 Å². The van der Waals surface area contributed by atoms with Crippen LogP contribution in [0.25, 0.3) is 11.3 Å². The van der Waals surface area contributed by atoms with E-state index in [1.807, 2.05) is 13.2 Å². The predicted octanol–water partition coefficient (Wildman–Crippen LogP) is 2.54. The van der Waals surface area contributed by atoms with Crippen LogP contribution >= 0.6 is 11.3 Å². The molecular weight excluding hydrogens is 340 g/mol. The van der Waals surface area contributed by atoms with Crippen molar-refractivity contribution in [1.82, 2.24) is 14.8 Å². The summed E-state index contributed by atoms with van der Waals surface area (Å²) in [5.41, 5.74) is 9.49. The van der Waals surface area contributed by atoms with Crippen LogP contribution in [0.15, 0.2) is 24.5 Å². The van der Waals surface area contributed by atoms with E-state index in [9.17, 15) is 4.79 Å². The SMILES string of the molecule is COc1ncccc1Oc1sc(C(N)=O)c2c1-c1c(cnn1C)CC2. The third-order valence-corrected chi connectivity index (χ3v) is 5.35. The Hall–Kier alpha value is -2.87. The summed E-state index contributed by atoms with van der Waals surface area (Å²) in [5, 5.41) is 4.94. The highest BCUT2D eigenvalue weighted by atomic mass is 32.1. The fraction of sp³-hybridized carbons (Fsp3) is 0.235. The van der Waals surface area contributed by atoms with Gasteiger partial charge in [0.15, 0.2) is 10.8 Å². The molecule has 128 valence electrons. The standard InChI is InChI=1S/C17H16N4O3S/c1-21-13-9(8-20-21)5-6-10-12(13)17(25-14(10)15(18)22)24-11-4-3-7-19-16(11)23-2/h3-4,7-8H,5-6H2,1-2H3,(H2,18,22). The molecule has 0 aromatic carbocycles. The van der Waals surface area contributed by atoms with Crippen LogP contribution in [0.4, 0.5) is 0 Å². The zero-order valence-corrected chi connectivity index (χ0v) is 14.6. The van der Waals surface area contributed by atoms with Crippen molar-refractivity contribution in [1.29, 1.82) is 0 Å². The molecule has 8 heteroatoms. The second kappa shape index (κ2) is 5.89. The van der Waals surface area contributed by atoms with Crippen LogP contribution in [-0.2, 0) is 19.9 Å². The average Bonchev–Trinajstić information content (AvgIpc) is 3.16. The van der Waals surface area contributed by atoms with Crippen molar-refractivity contribution >= 4 is 17.2 Å². The van der Waals surface area contributed by atoms with Gasteiger partial charge in [0.05, 0.1) is 29.4 Å². The summed E-state index contributed by atoms with van der Waals surface area (Å²) in [6.45, 7) is 0. The van der Waals surface area contributed by atoms with E-state index in [4.69, 9.17) is 15.2 Å². The van der Waals surface area contributed by atoms with Gasteiger partial charge in [0, 0.05) is 13.2 Å². The number of ether oxygens (including phenoxy) is 2. The van der Waals surface area contributed by atoms with E-state index in [0.717, 1.165) is 35.2 Å². The zero-order valence-electron chi connectivity index (χ0n) is 13.8. The number of hydrogen-bond acceptors (Lipinski definition) is 6. The Balaban J connectivity index is 1.90. The Morgan fingerprint density at radius 2 is 2.24 bits per heavy atom. The van der Waals surface area contributed by atoms with Crippen molar-refractivity contribution in [3.63, 3.8) is 0 Å². The maximum Gasteiger partial charge on any atom is 0.259 e. The van der Waals surface area contributed by atoms with Gasteiger partial charge in [0.25, 0.3) is 11.8 Å². The monoisotopic (exact) mass is 356 g/mol. The normalized spacial score (nSPS) is 12.4. The van der Waals surface area contributed by atoms with Gasteiger partial charge in [0.1, 0.15) is 0 Å². The van der Waals surface area contributed by atoms with Crippen molar-refractivity contribution < 1.29 is 14.3 Å². The molecule has 1 amide bonds. The minimum atomic E-state index is -0.445. The van der Waals surface area contributed by atoms with Gasteiger partial charge >= 0.3 is 0 Å². The molecule has 0 aliphatic heterocycles. The van der Waals surface area contributed by atoms with Gasteiger partial charge in [0.2, 0.25) is 0 Å². The molecule has 3 aromatic rings. The van der Waals surface area contributed by atoms with Gasteiger partial charge in [-0.05, 0) is 36.1 Å².